The molecule has 0 saturated carbocycles. The Labute approximate surface area is 124 Å². The molecule has 0 fully saturated rings. The monoisotopic (exact) mass is 284 g/mol. The summed E-state index contributed by atoms with van der Waals surface area (Å²) < 4.78 is 5.08. The second-order valence-corrected chi connectivity index (χ2v) is 4.98. The second kappa shape index (κ2) is 6.79. The lowest BCUT2D eigenvalue weighted by molar-refractivity contribution is 0.0951. The predicted octanol–water partition coefficient (Wildman–Crippen LogP) is 2.81. The highest BCUT2D eigenvalue weighted by Crippen LogP contribution is 2.22. The van der Waals surface area contributed by atoms with E-state index in [0.29, 0.717) is 23.5 Å². The van der Waals surface area contributed by atoms with Crippen molar-refractivity contribution in [2.24, 2.45) is 0 Å². The number of nitrogens with two attached hydrogens (primary N) is 1. The largest absolute Gasteiger partial charge is 0.495 e. The molecule has 2 aromatic rings. The molecular formula is C17H20N2O2. The average Bonchev–Trinajstić information content (AvgIpc) is 2.53. The Bertz CT molecular complexity index is 611. The molecule has 1 amide bonds. The zero-order chi connectivity index (χ0) is 15.2. The highest BCUT2D eigenvalue weighted by atomic mass is 16.5. The molecule has 110 valence electrons. The average molecular weight is 284 g/mol. The third kappa shape index (κ3) is 3.75. The van der Waals surface area contributed by atoms with E-state index in [2.05, 4.69) is 24.4 Å². The number of hydrogen-bond donors (Lipinski definition) is 2. The maximum absolute atomic E-state index is 12.1. The number of carbonyl (C=O) groups excluding carboxylic acids is 1. The maximum atomic E-state index is 12.1. The molecule has 0 aromatic heterocycles. The van der Waals surface area contributed by atoms with Crippen LogP contribution in [0.5, 0.6) is 5.75 Å². The maximum Gasteiger partial charge on any atom is 0.251 e. The molecule has 1 atom stereocenters. The Balaban J connectivity index is 1.97. The zero-order valence-electron chi connectivity index (χ0n) is 12.3. The standard InChI is InChI=1S/C17H20N2O2/c1-12(13-6-4-3-5-7-13)11-19-17(20)14-8-9-16(21-2)15(18)10-14/h3-10,12H,11,18H2,1-2H3,(H,19,20). The van der Waals surface area contributed by atoms with Gasteiger partial charge in [0, 0.05) is 12.1 Å². The topological polar surface area (TPSA) is 64.3 Å². The molecule has 0 aliphatic rings. The fourth-order valence-electron chi connectivity index (χ4n) is 2.12. The minimum atomic E-state index is -0.132. The molecule has 0 saturated heterocycles. The van der Waals surface area contributed by atoms with Gasteiger partial charge in [0.05, 0.1) is 12.8 Å². The van der Waals surface area contributed by atoms with Gasteiger partial charge in [-0.1, -0.05) is 37.3 Å². The summed E-state index contributed by atoms with van der Waals surface area (Å²) in [6.07, 6.45) is 0. The van der Waals surface area contributed by atoms with E-state index < -0.39 is 0 Å². The Kier molecular flexibility index (Phi) is 4.82. The smallest absolute Gasteiger partial charge is 0.251 e. The number of ether oxygens (including phenoxy) is 1. The summed E-state index contributed by atoms with van der Waals surface area (Å²) in [5, 5.41) is 2.93. The van der Waals surface area contributed by atoms with Gasteiger partial charge in [-0.15, -0.1) is 0 Å². The first-order chi connectivity index (χ1) is 10.1. The minimum Gasteiger partial charge on any atom is -0.495 e. The fourth-order valence-corrected chi connectivity index (χ4v) is 2.12. The van der Waals surface area contributed by atoms with Crippen molar-refractivity contribution in [3.63, 3.8) is 0 Å². The quantitative estimate of drug-likeness (QED) is 0.830. The summed E-state index contributed by atoms with van der Waals surface area (Å²) in [4.78, 5) is 12.1. The van der Waals surface area contributed by atoms with Gasteiger partial charge in [-0.05, 0) is 29.7 Å². The number of rotatable bonds is 5. The summed E-state index contributed by atoms with van der Waals surface area (Å²) in [5.74, 6) is 0.696. The third-order valence-corrected chi connectivity index (χ3v) is 3.43. The van der Waals surface area contributed by atoms with E-state index in [1.54, 1.807) is 25.3 Å². The van der Waals surface area contributed by atoms with Gasteiger partial charge in [-0.25, -0.2) is 0 Å². The zero-order valence-corrected chi connectivity index (χ0v) is 12.3. The number of nitrogen functional groups attached to an aromatic ring is 1. The van der Waals surface area contributed by atoms with Crippen molar-refractivity contribution < 1.29 is 9.53 Å². The molecule has 3 N–H and O–H groups in total. The van der Waals surface area contributed by atoms with Crippen molar-refractivity contribution in [3.05, 3.63) is 59.7 Å². The molecule has 0 aliphatic carbocycles. The normalized spacial score (nSPS) is 11.7. The first-order valence-corrected chi connectivity index (χ1v) is 6.88. The fraction of sp³-hybridized carbons (Fsp3) is 0.235. The molecule has 0 heterocycles. The van der Waals surface area contributed by atoms with Gasteiger partial charge in [0.1, 0.15) is 5.75 Å². The van der Waals surface area contributed by atoms with E-state index in [9.17, 15) is 4.79 Å². The highest BCUT2D eigenvalue weighted by Gasteiger charge is 2.11. The highest BCUT2D eigenvalue weighted by molar-refractivity contribution is 5.95. The van der Waals surface area contributed by atoms with E-state index >= 15 is 0 Å². The van der Waals surface area contributed by atoms with Crippen LogP contribution in [0.1, 0.15) is 28.8 Å². The predicted molar refractivity (Wildman–Crippen MR) is 84.6 cm³/mol. The second-order valence-electron chi connectivity index (χ2n) is 4.98. The van der Waals surface area contributed by atoms with Crippen LogP contribution in [-0.2, 0) is 0 Å². The molecule has 1 unspecified atom stereocenters. The third-order valence-electron chi connectivity index (χ3n) is 3.43. The molecule has 0 aliphatic heterocycles. The molecule has 4 nitrogen and oxygen atoms in total. The van der Waals surface area contributed by atoms with Crippen LogP contribution in [0.3, 0.4) is 0 Å². The van der Waals surface area contributed by atoms with Crippen molar-refractivity contribution in [1.29, 1.82) is 0 Å². The number of carbonyl (C=O) groups is 1. The molecule has 4 heteroatoms. The van der Waals surface area contributed by atoms with Crippen LogP contribution in [0.2, 0.25) is 0 Å². The van der Waals surface area contributed by atoms with E-state index in [1.807, 2.05) is 18.2 Å². The summed E-state index contributed by atoms with van der Waals surface area (Å²) in [6, 6.07) is 15.1. The Hall–Kier alpha value is -2.49. The van der Waals surface area contributed by atoms with Crippen molar-refractivity contribution in [2.45, 2.75) is 12.8 Å². The van der Waals surface area contributed by atoms with Crippen LogP contribution in [0.15, 0.2) is 48.5 Å². The number of methoxy groups -OCH3 is 1. The van der Waals surface area contributed by atoms with Gasteiger partial charge < -0.3 is 15.8 Å². The first-order valence-electron chi connectivity index (χ1n) is 6.88. The number of hydrogen-bond acceptors (Lipinski definition) is 3. The van der Waals surface area contributed by atoms with E-state index in [1.165, 1.54) is 5.56 Å². The lowest BCUT2D eigenvalue weighted by atomic mass is 10.0. The van der Waals surface area contributed by atoms with Crippen LogP contribution in [0.25, 0.3) is 0 Å². The molecule has 0 spiro atoms. The van der Waals surface area contributed by atoms with E-state index in [-0.39, 0.29) is 11.8 Å². The van der Waals surface area contributed by atoms with E-state index in [0.717, 1.165) is 0 Å². The molecule has 21 heavy (non-hydrogen) atoms. The van der Waals surface area contributed by atoms with Gasteiger partial charge in [-0.3, -0.25) is 4.79 Å². The van der Waals surface area contributed by atoms with Gasteiger partial charge in [0.15, 0.2) is 0 Å². The van der Waals surface area contributed by atoms with Crippen LogP contribution in [0, 0.1) is 0 Å². The van der Waals surface area contributed by atoms with Crippen LogP contribution in [0.4, 0.5) is 5.69 Å². The minimum absolute atomic E-state index is 0.132. The summed E-state index contributed by atoms with van der Waals surface area (Å²) in [5.41, 5.74) is 8.01. The number of amides is 1. The Morgan fingerprint density at radius 1 is 1.24 bits per heavy atom. The van der Waals surface area contributed by atoms with Gasteiger partial charge >= 0.3 is 0 Å². The summed E-state index contributed by atoms with van der Waals surface area (Å²) in [6.45, 7) is 2.66. The SMILES string of the molecule is COc1ccc(C(=O)NCC(C)c2ccccc2)cc1N. The van der Waals surface area contributed by atoms with Crippen molar-refractivity contribution >= 4 is 11.6 Å². The molecule has 0 radical (unpaired) electrons. The van der Waals surface area contributed by atoms with E-state index in [4.69, 9.17) is 10.5 Å². The Morgan fingerprint density at radius 2 is 1.95 bits per heavy atom. The molecule has 2 aromatic carbocycles. The van der Waals surface area contributed by atoms with Gasteiger partial charge in [0.2, 0.25) is 0 Å². The van der Waals surface area contributed by atoms with Gasteiger partial charge in [-0.2, -0.15) is 0 Å². The lowest BCUT2D eigenvalue weighted by Gasteiger charge is -2.13. The van der Waals surface area contributed by atoms with Crippen LogP contribution < -0.4 is 15.8 Å². The van der Waals surface area contributed by atoms with Crippen molar-refractivity contribution in [3.8, 4) is 5.75 Å². The molecule has 0 bridgehead atoms. The first kappa shape index (κ1) is 14.9. The number of anilines is 1. The van der Waals surface area contributed by atoms with Crippen molar-refractivity contribution in [2.75, 3.05) is 19.4 Å². The molecular weight excluding hydrogens is 264 g/mol. The summed E-state index contributed by atoms with van der Waals surface area (Å²) in [7, 11) is 1.55. The van der Waals surface area contributed by atoms with Gasteiger partial charge in [0.25, 0.3) is 5.91 Å². The number of benzene rings is 2. The van der Waals surface area contributed by atoms with Crippen LogP contribution in [-0.4, -0.2) is 19.6 Å². The van der Waals surface area contributed by atoms with Crippen LogP contribution >= 0.6 is 0 Å². The summed E-state index contributed by atoms with van der Waals surface area (Å²) >= 11 is 0. The van der Waals surface area contributed by atoms with Crippen molar-refractivity contribution in [1.82, 2.24) is 5.32 Å². The number of nitrogens with one attached hydrogen (secondary N) is 1. The molecule has 2 rings (SSSR count). The lowest BCUT2D eigenvalue weighted by Crippen LogP contribution is -2.27. The Morgan fingerprint density at radius 3 is 2.57 bits per heavy atom.